The maximum absolute atomic E-state index is 12.2. The molecule has 3 N–H and O–H groups in total. The number of unbranched alkanes of at least 4 members (excludes halogenated alkanes) is 5. The van der Waals surface area contributed by atoms with Gasteiger partial charge < -0.3 is 15.5 Å². The molecule has 1 rings (SSSR count). The van der Waals surface area contributed by atoms with Gasteiger partial charge in [-0.2, -0.15) is 0 Å². The van der Waals surface area contributed by atoms with Crippen molar-refractivity contribution in [1.29, 1.82) is 0 Å². The van der Waals surface area contributed by atoms with Crippen LogP contribution in [0.15, 0.2) is 12.2 Å². The van der Waals surface area contributed by atoms with Crippen LogP contribution in [0, 0.1) is 11.8 Å². The fourth-order valence-electron chi connectivity index (χ4n) is 4.32. The average Bonchev–Trinajstić information content (AvgIpc) is 2.95. The topological polar surface area (TPSA) is 86.6 Å². The molecule has 168 valence electrons. The number of aliphatic hydroxyl groups is 2. The molecule has 0 radical (unpaired) electrons. The van der Waals surface area contributed by atoms with Crippen molar-refractivity contribution in [2.45, 2.75) is 110 Å². The first-order chi connectivity index (χ1) is 14.0. The molecule has 0 heterocycles. The predicted molar refractivity (Wildman–Crippen MR) is 118 cm³/mol. The van der Waals surface area contributed by atoms with Gasteiger partial charge in [0, 0.05) is 25.8 Å². The summed E-state index contributed by atoms with van der Waals surface area (Å²) >= 11 is 0. The number of nitrogens with one attached hydrogen (secondary N) is 1. The van der Waals surface area contributed by atoms with Crippen molar-refractivity contribution >= 4 is 11.7 Å². The van der Waals surface area contributed by atoms with Crippen LogP contribution in [-0.4, -0.2) is 40.7 Å². The predicted octanol–water partition coefficient (Wildman–Crippen LogP) is 4.31. The first-order valence-electron chi connectivity index (χ1n) is 11.8. The first-order valence-corrected chi connectivity index (χ1v) is 11.8. The summed E-state index contributed by atoms with van der Waals surface area (Å²) in [5, 5.41) is 23.4. The highest BCUT2D eigenvalue weighted by Crippen LogP contribution is 2.38. The SMILES string of the molecule is CCCCCCCC(=O)CC[C@@H]1[C@@H](C/C=C/CCCC(=O)NCC)[C@@H](O)C[C@H]1O. The molecule has 1 fully saturated rings. The van der Waals surface area contributed by atoms with E-state index in [1.54, 1.807) is 0 Å². The lowest BCUT2D eigenvalue weighted by molar-refractivity contribution is -0.121. The Morgan fingerprint density at radius 2 is 1.62 bits per heavy atom. The van der Waals surface area contributed by atoms with Gasteiger partial charge in [-0.15, -0.1) is 0 Å². The molecular weight excluding hydrogens is 366 g/mol. The normalized spacial score (nSPS) is 24.3. The molecule has 1 amide bonds. The van der Waals surface area contributed by atoms with Crippen LogP contribution in [-0.2, 0) is 9.59 Å². The largest absolute Gasteiger partial charge is 0.393 e. The third-order valence-corrected chi connectivity index (χ3v) is 6.06. The van der Waals surface area contributed by atoms with Crippen LogP contribution < -0.4 is 5.32 Å². The van der Waals surface area contributed by atoms with Crippen LogP contribution >= 0.6 is 0 Å². The first kappa shape index (κ1) is 25.8. The maximum Gasteiger partial charge on any atom is 0.219 e. The molecule has 29 heavy (non-hydrogen) atoms. The number of allylic oxidation sites excluding steroid dienone is 2. The van der Waals surface area contributed by atoms with E-state index in [1.807, 2.05) is 6.92 Å². The number of aliphatic hydroxyl groups excluding tert-OH is 2. The van der Waals surface area contributed by atoms with Crippen molar-refractivity contribution in [2.75, 3.05) is 6.54 Å². The molecule has 4 atom stereocenters. The Morgan fingerprint density at radius 3 is 2.34 bits per heavy atom. The quantitative estimate of drug-likeness (QED) is 0.262. The monoisotopic (exact) mass is 409 g/mol. The Labute approximate surface area is 177 Å². The number of carbonyl (C=O) groups is 2. The fourth-order valence-corrected chi connectivity index (χ4v) is 4.32. The van der Waals surface area contributed by atoms with E-state index in [0.717, 1.165) is 32.1 Å². The van der Waals surface area contributed by atoms with Crippen LogP contribution in [0.5, 0.6) is 0 Å². The number of hydrogen-bond acceptors (Lipinski definition) is 4. The highest BCUT2D eigenvalue weighted by Gasteiger charge is 2.40. The summed E-state index contributed by atoms with van der Waals surface area (Å²) in [7, 11) is 0. The minimum absolute atomic E-state index is 0.00553. The van der Waals surface area contributed by atoms with Crippen molar-refractivity contribution in [1.82, 2.24) is 5.32 Å². The Bertz CT molecular complexity index is 491. The Kier molecular flexibility index (Phi) is 13.9. The summed E-state index contributed by atoms with van der Waals surface area (Å²) in [6, 6.07) is 0. The molecule has 1 aliphatic rings. The second-order valence-electron chi connectivity index (χ2n) is 8.49. The second-order valence-corrected chi connectivity index (χ2v) is 8.49. The van der Waals surface area contributed by atoms with Crippen LogP contribution in [0.25, 0.3) is 0 Å². The summed E-state index contributed by atoms with van der Waals surface area (Å²) in [6.45, 7) is 4.76. The van der Waals surface area contributed by atoms with E-state index >= 15 is 0 Å². The summed E-state index contributed by atoms with van der Waals surface area (Å²) < 4.78 is 0. The van der Waals surface area contributed by atoms with Gasteiger partial charge in [-0.3, -0.25) is 9.59 Å². The lowest BCUT2D eigenvalue weighted by Gasteiger charge is -2.22. The Hall–Kier alpha value is -1.20. The number of Topliss-reactive ketones (excluding diaryl/α,β-unsaturated/α-hetero) is 1. The van der Waals surface area contributed by atoms with E-state index in [-0.39, 0.29) is 23.5 Å². The van der Waals surface area contributed by atoms with Gasteiger partial charge in [0.25, 0.3) is 0 Å². The van der Waals surface area contributed by atoms with E-state index < -0.39 is 12.2 Å². The average molecular weight is 410 g/mol. The van der Waals surface area contributed by atoms with Crippen molar-refractivity contribution < 1.29 is 19.8 Å². The zero-order valence-electron chi connectivity index (χ0n) is 18.6. The number of carbonyl (C=O) groups excluding carboxylic acids is 2. The van der Waals surface area contributed by atoms with Gasteiger partial charge in [0.05, 0.1) is 12.2 Å². The molecule has 0 aromatic heterocycles. The molecule has 5 nitrogen and oxygen atoms in total. The number of ketones is 1. The molecule has 0 saturated heterocycles. The standard InChI is InChI=1S/C24H43NO4/c1-3-5-6-7-10-13-19(26)16-17-21-20(22(27)18-23(21)28)14-11-8-9-12-15-24(29)25-4-2/h8,11,20-23,27-28H,3-7,9-10,12-18H2,1-2H3,(H,25,29)/b11-8+/t20-,21-,22+,23-/m1/s1. The van der Waals surface area contributed by atoms with Crippen LogP contribution in [0.4, 0.5) is 0 Å². The minimum Gasteiger partial charge on any atom is -0.393 e. The van der Waals surface area contributed by atoms with E-state index in [9.17, 15) is 19.8 Å². The maximum atomic E-state index is 12.2. The highest BCUT2D eigenvalue weighted by molar-refractivity contribution is 5.78. The van der Waals surface area contributed by atoms with Gasteiger partial charge in [0.1, 0.15) is 5.78 Å². The van der Waals surface area contributed by atoms with Gasteiger partial charge in [0.15, 0.2) is 0 Å². The van der Waals surface area contributed by atoms with Crippen LogP contribution in [0.1, 0.15) is 97.3 Å². The molecule has 1 saturated carbocycles. The second kappa shape index (κ2) is 15.6. The van der Waals surface area contributed by atoms with Crippen molar-refractivity contribution in [3.8, 4) is 0 Å². The molecule has 1 aliphatic carbocycles. The molecule has 5 heteroatoms. The molecule has 0 spiro atoms. The van der Waals surface area contributed by atoms with E-state index in [0.29, 0.717) is 38.6 Å². The van der Waals surface area contributed by atoms with Crippen LogP contribution in [0.3, 0.4) is 0 Å². The van der Waals surface area contributed by atoms with Gasteiger partial charge in [-0.05, 0) is 57.3 Å². The highest BCUT2D eigenvalue weighted by atomic mass is 16.3. The zero-order chi connectivity index (χ0) is 21.5. The number of amides is 1. The van der Waals surface area contributed by atoms with Gasteiger partial charge in [-0.1, -0.05) is 44.8 Å². The smallest absolute Gasteiger partial charge is 0.219 e. The molecular formula is C24H43NO4. The van der Waals surface area contributed by atoms with E-state index in [1.165, 1.54) is 19.3 Å². The Balaban J connectivity index is 2.30. The minimum atomic E-state index is -0.515. The Morgan fingerprint density at radius 1 is 0.897 bits per heavy atom. The lowest BCUT2D eigenvalue weighted by atomic mass is 9.86. The summed E-state index contributed by atoms with van der Waals surface area (Å²) in [6.07, 6.45) is 14.0. The van der Waals surface area contributed by atoms with Crippen molar-refractivity contribution in [3.63, 3.8) is 0 Å². The molecule has 0 aromatic carbocycles. The molecule has 0 aliphatic heterocycles. The summed E-state index contributed by atoms with van der Waals surface area (Å²) in [5.74, 6) is 0.385. The number of rotatable bonds is 16. The van der Waals surface area contributed by atoms with Crippen LogP contribution in [0.2, 0.25) is 0 Å². The molecule has 0 unspecified atom stereocenters. The van der Waals surface area contributed by atoms with Gasteiger partial charge in [0.2, 0.25) is 5.91 Å². The van der Waals surface area contributed by atoms with Gasteiger partial charge in [-0.25, -0.2) is 0 Å². The zero-order valence-corrected chi connectivity index (χ0v) is 18.6. The number of hydrogen-bond donors (Lipinski definition) is 3. The third-order valence-electron chi connectivity index (χ3n) is 6.06. The van der Waals surface area contributed by atoms with Crippen molar-refractivity contribution in [2.24, 2.45) is 11.8 Å². The van der Waals surface area contributed by atoms with Gasteiger partial charge >= 0.3 is 0 Å². The molecule has 0 bridgehead atoms. The van der Waals surface area contributed by atoms with E-state index in [2.05, 4.69) is 24.4 Å². The molecule has 0 aromatic rings. The van der Waals surface area contributed by atoms with E-state index in [4.69, 9.17) is 0 Å². The lowest BCUT2D eigenvalue weighted by Crippen LogP contribution is -2.22. The van der Waals surface area contributed by atoms with Crippen molar-refractivity contribution in [3.05, 3.63) is 12.2 Å². The fraction of sp³-hybridized carbons (Fsp3) is 0.833. The third kappa shape index (κ3) is 10.9. The summed E-state index contributed by atoms with van der Waals surface area (Å²) in [4.78, 5) is 23.6. The summed E-state index contributed by atoms with van der Waals surface area (Å²) in [5.41, 5.74) is 0.